The van der Waals surface area contributed by atoms with E-state index in [1.165, 1.54) is 23.3 Å². The highest BCUT2D eigenvalue weighted by Crippen LogP contribution is 2.36. The molecule has 1 aliphatic carbocycles. The van der Waals surface area contributed by atoms with Crippen molar-refractivity contribution >= 4 is 39.0 Å². The van der Waals surface area contributed by atoms with E-state index in [-0.39, 0.29) is 5.91 Å². The topological polar surface area (TPSA) is 80.9 Å². The fourth-order valence-electron chi connectivity index (χ4n) is 3.33. The number of nitrogen functional groups attached to an aromatic ring is 1. The Labute approximate surface area is 150 Å². The lowest BCUT2D eigenvalue weighted by molar-refractivity contribution is 0.103. The van der Waals surface area contributed by atoms with Crippen LogP contribution in [0.4, 0.5) is 11.5 Å². The summed E-state index contributed by atoms with van der Waals surface area (Å²) < 4.78 is 0. The van der Waals surface area contributed by atoms with Gasteiger partial charge in [-0.15, -0.1) is 11.3 Å². The largest absolute Gasteiger partial charge is 0.397 e. The van der Waals surface area contributed by atoms with E-state index in [9.17, 15) is 4.79 Å². The summed E-state index contributed by atoms with van der Waals surface area (Å²) in [5.74, 6) is 0.967. The molecule has 6 heteroatoms. The van der Waals surface area contributed by atoms with Crippen LogP contribution in [0, 0.1) is 12.8 Å². The predicted octanol–water partition coefficient (Wildman–Crippen LogP) is 3.96. The number of amides is 1. The quantitative estimate of drug-likeness (QED) is 0.731. The zero-order valence-corrected chi connectivity index (χ0v) is 15.1. The van der Waals surface area contributed by atoms with Gasteiger partial charge in [-0.1, -0.05) is 13.0 Å². The second kappa shape index (κ2) is 6.11. The minimum Gasteiger partial charge on any atom is -0.397 e. The summed E-state index contributed by atoms with van der Waals surface area (Å²) in [6, 6.07) is 7.65. The summed E-state index contributed by atoms with van der Waals surface area (Å²) in [4.78, 5) is 23.1. The van der Waals surface area contributed by atoms with Gasteiger partial charge in [0.2, 0.25) is 0 Å². The molecule has 25 heavy (non-hydrogen) atoms. The first-order valence-electron chi connectivity index (χ1n) is 8.47. The lowest BCUT2D eigenvalue weighted by Crippen LogP contribution is -2.13. The van der Waals surface area contributed by atoms with Crippen LogP contribution in [-0.4, -0.2) is 15.9 Å². The number of thiophene rings is 1. The van der Waals surface area contributed by atoms with Gasteiger partial charge in [-0.2, -0.15) is 0 Å². The standard InChI is InChI=1S/C19H20N4OS/c1-10-6-7-14-12(8-10)9-13-16(20)17(25-19(13)22-14)18(24)23-15-5-3-4-11(2)21-15/h3-5,9-10H,6-8,20H2,1-2H3,(H,21,23,24). The summed E-state index contributed by atoms with van der Waals surface area (Å²) in [5.41, 5.74) is 10.1. The van der Waals surface area contributed by atoms with Crippen LogP contribution in [0.3, 0.4) is 0 Å². The van der Waals surface area contributed by atoms with Crippen molar-refractivity contribution < 1.29 is 4.79 Å². The van der Waals surface area contributed by atoms with Gasteiger partial charge in [0, 0.05) is 16.8 Å². The highest BCUT2D eigenvalue weighted by Gasteiger charge is 2.22. The number of hydrogen-bond acceptors (Lipinski definition) is 5. The molecule has 3 N–H and O–H groups in total. The normalized spacial score (nSPS) is 16.6. The van der Waals surface area contributed by atoms with E-state index in [1.807, 2.05) is 19.1 Å². The minimum atomic E-state index is -0.232. The molecule has 5 nitrogen and oxygen atoms in total. The Morgan fingerprint density at radius 1 is 1.36 bits per heavy atom. The first-order chi connectivity index (χ1) is 12.0. The lowest BCUT2D eigenvalue weighted by atomic mass is 9.87. The third kappa shape index (κ3) is 2.98. The molecule has 3 heterocycles. The molecule has 1 amide bonds. The van der Waals surface area contributed by atoms with Gasteiger partial charge in [0.25, 0.3) is 5.91 Å². The van der Waals surface area contributed by atoms with Crippen LogP contribution < -0.4 is 11.1 Å². The maximum absolute atomic E-state index is 12.6. The molecule has 1 unspecified atom stereocenters. The van der Waals surface area contributed by atoms with Gasteiger partial charge in [-0.3, -0.25) is 4.79 Å². The Bertz CT molecular complexity index is 979. The monoisotopic (exact) mass is 352 g/mol. The summed E-state index contributed by atoms with van der Waals surface area (Å²) >= 11 is 1.35. The van der Waals surface area contributed by atoms with E-state index in [0.717, 1.165) is 34.4 Å². The SMILES string of the molecule is Cc1cccc(NC(=O)c2sc3nc4c(cc3c2N)CC(C)CC4)n1. The molecule has 0 bridgehead atoms. The molecule has 1 atom stereocenters. The van der Waals surface area contributed by atoms with E-state index in [1.54, 1.807) is 6.07 Å². The van der Waals surface area contributed by atoms with Crippen molar-refractivity contribution in [2.75, 3.05) is 11.1 Å². The number of hydrogen-bond donors (Lipinski definition) is 2. The van der Waals surface area contributed by atoms with Gasteiger partial charge in [-0.05, 0) is 55.9 Å². The molecule has 0 aromatic carbocycles. The first kappa shape index (κ1) is 16.0. The Morgan fingerprint density at radius 3 is 3.00 bits per heavy atom. The number of fused-ring (bicyclic) bond motifs is 2. The fraction of sp³-hybridized carbons (Fsp3) is 0.316. The Kier molecular flexibility index (Phi) is 3.92. The molecule has 1 aliphatic rings. The van der Waals surface area contributed by atoms with Gasteiger partial charge >= 0.3 is 0 Å². The first-order valence-corrected chi connectivity index (χ1v) is 9.28. The van der Waals surface area contributed by atoms with Gasteiger partial charge in [0.15, 0.2) is 0 Å². The van der Waals surface area contributed by atoms with Crippen LogP contribution in [-0.2, 0) is 12.8 Å². The molecule has 3 aromatic rings. The van der Waals surface area contributed by atoms with Crippen LogP contribution in [0.15, 0.2) is 24.3 Å². The number of carbonyl (C=O) groups excluding carboxylic acids is 1. The molecular weight excluding hydrogens is 332 g/mol. The van der Waals surface area contributed by atoms with E-state index in [0.29, 0.717) is 22.3 Å². The zero-order valence-electron chi connectivity index (χ0n) is 14.3. The van der Waals surface area contributed by atoms with Crippen molar-refractivity contribution in [3.63, 3.8) is 0 Å². The lowest BCUT2D eigenvalue weighted by Gasteiger charge is -2.20. The van der Waals surface area contributed by atoms with Crippen molar-refractivity contribution in [3.05, 3.63) is 46.1 Å². The van der Waals surface area contributed by atoms with Crippen molar-refractivity contribution in [1.29, 1.82) is 0 Å². The Balaban J connectivity index is 1.70. The van der Waals surface area contributed by atoms with E-state index < -0.39 is 0 Å². The maximum atomic E-state index is 12.6. The van der Waals surface area contributed by atoms with Crippen molar-refractivity contribution in [2.24, 2.45) is 5.92 Å². The van der Waals surface area contributed by atoms with Crippen molar-refractivity contribution in [2.45, 2.75) is 33.1 Å². The van der Waals surface area contributed by atoms with Crippen LogP contribution >= 0.6 is 11.3 Å². The Hall–Kier alpha value is -2.47. The van der Waals surface area contributed by atoms with Crippen LogP contribution in [0.2, 0.25) is 0 Å². The molecule has 4 rings (SSSR count). The van der Waals surface area contributed by atoms with E-state index in [4.69, 9.17) is 10.7 Å². The fourth-order valence-corrected chi connectivity index (χ4v) is 4.32. The summed E-state index contributed by atoms with van der Waals surface area (Å²) in [6.45, 7) is 4.15. The molecule has 0 saturated carbocycles. The molecule has 0 fully saturated rings. The Morgan fingerprint density at radius 2 is 2.20 bits per heavy atom. The van der Waals surface area contributed by atoms with Crippen LogP contribution in [0.1, 0.15) is 40.0 Å². The second-order valence-corrected chi connectivity index (χ2v) is 7.76. The van der Waals surface area contributed by atoms with Gasteiger partial charge in [-0.25, -0.2) is 9.97 Å². The number of pyridine rings is 2. The van der Waals surface area contributed by atoms with Gasteiger partial charge in [0.1, 0.15) is 15.5 Å². The second-order valence-electron chi connectivity index (χ2n) is 6.76. The number of aryl methyl sites for hydroxylation is 2. The van der Waals surface area contributed by atoms with Crippen LogP contribution in [0.25, 0.3) is 10.2 Å². The third-order valence-electron chi connectivity index (χ3n) is 4.67. The number of aromatic nitrogens is 2. The summed E-state index contributed by atoms with van der Waals surface area (Å²) in [6.07, 6.45) is 3.19. The predicted molar refractivity (Wildman–Crippen MR) is 102 cm³/mol. The molecule has 0 spiro atoms. The number of anilines is 2. The van der Waals surface area contributed by atoms with Crippen LogP contribution in [0.5, 0.6) is 0 Å². The number of nitrogens with two attached hydrogens (primary N) is 1. The number of nitrogens with one attached hydrogen (secondary N) is 1. The number of rotatable bonds is 2. The van der Waals surface area contributed by atoms with E-state index in [2.05, 4.69) is 23.3 Å². The van der Waals surface area contributed by atoms with Crippen molar-refractivity contribution in [1.82, 2.24) is 9.97 Å². The maximum Gasteiger partial charge on any atom is 0.269 e. The summed E-state index contributed by atoms with van der Waals surface area (Å²) in [5, 5.41) is 3.72. The molecule has 0 aliphatic heterocycles. The summed E-state index contributed by atoms with van der Waals surface area (Å²) in [7, 11) is 0. The van der Waals surface area contributed by atoms with E-state index >= 15 is 0 Å². The third-order valence-corrected chi connectivity index (χ3v) is 5.78. The minimum absolute atomic E-state index is 0.232. The number of carbonyl (C=O) groups is 1. The molecule has 0 saturated heterocycles. The smallest absolute Gasteiger partial charge is 0.269 e. The highest BCUT2D eigenvalue weighted by molar-refractivity contribution is 7.21. The molecule has 3 aromatic heterocycles. The zero-order chi connectivity index (χ0) is 17.6. The molecule has 0 radical (unpaired) electrons. The van der Waals surface area contributed by atoms with Gasteiger partial charge < -0.3 is 11.1 Å². The average Bonchev–Trinajstić information content (AvgIpc) is 2.89. The molecular formula is C19H20N4OS. The van der Waals surface area contributed by atoms with Gasteiger partial charge in [0.05, 0.1) is 5.69 Å². The number of nitrogens with zero attached hydrogens (tertiary/aromatic N) is 2. The molecule has 128 valence electrons. The van der Waals surface area contributed by atoms with Crippen molar-refractivity contribution in [3.8, 4) is 0 Å². The highest BCUT2D eigenvalue weighted by atomic mass is 32.1. The average molecular weight is 352 g/mol.